The summed E-state index contributed by atoms with van der Waals surface area (Å²) in [5, 5.41) is 2.89. The van der Waals surface area contributed by atoms with E-state index in [0.29, 0.717) is 18.0 Å². The molecule has 0 aliphatic carbocycles. The lowest BCUT2D eigenvalue weighted by atomic mass is 9.87. The number of carbonyl (C=O) groups excluding carboxylic acids is 2. The first-order valence-corrected chi connectivity index (χ1v) is 9.74. The molecule has 0 saturated carbocycles. The van der Waals surface area contributed by atoms with Crippen molar-refractivity contribution < 1.29 is 22.8 Å². The molecule has 4 nitrogen and oxygen atoms in total. The second kappa shape index (κ2) is 8.97. The van der Waals surface area contributed by atoms with Gasteiger partial charge in [0.15, 0.2) is 0 Å². The van der Waals surface area contributed by atoms with Crippen molar-refractivity contribution in [2.75, 3.05) is 19.6 Å². The average Bonchev–Trinajstić information content (AvgIpc) is 3.05. The summed E-state index contributed by atoms with van der Waals surface area (Å²) in [5.41, 5.74) is -0.296. The molecule has 2 rings (SSSR count). The van der Waals surface area contributed by atoms with Crippen LogP contribution >= 0.6 is 0 Å². The number of hydrogen-bond acceptors (Lipinski definition) is 2. The van der Waals surface area contributed by atoms with Gasteiger partial charge in [0.1, 0.15) is 0 Å². The number of alkyl halides is 3. The molecule has 1 aliphatic rings. The van der Waals surface area contributed by atoms with E-state index >= 15 is 0 Å². The Balaban J connectivity index is 2.26. The number of amides is 2. The highest BCUT2D eigenvalue weighted by Crippen LogP contribution is 2.37. The number of halogens is 3. The quantitative estimate of drug-likeness (QED) is 0.786. The number of carbonyl (C=O) groups is 2. The first kappa shape index (κ1) is 22.2. The van der Waals surface area contributed by atoms with Crippen LogP contribution in [0.15, 0.2) is 24.3 Å². The van der Waals surface area contributed by atoms with Gasteiger partial charge in [-0.1, -0.05) is 45.9 Å². The third-order valence-corrected chi connectivity index (χ3v) is 5.13. The van der Waals surface area contributed by atoms with E-state index in [2.05, 4.69) is 19.2 Å². The van der Waals surface area contributed by atoms with E-state index in [1.807, 2.05) is 0 Å². The monoisotopic (exact) mass is 398 g/mol. The van der Waals surface area contributed by atoms with E-state index in [1.54, 1.807) is 24.8 Å². The highest BCUT2D eigenvalue weighted by Gasteiger charge is 2.41. The lowest BCUT2D eigenvalue weighted by molar-refractivity contribution is -0.137. The van der Waals surface area contributed by atoms with Crippen LogP contribution in [-0.4, -0.2) is 36.3 Å². The fraction of sp³-hybridized carbons (Fsp3) is 0.619. The van der Waals surface area contributed by atoms with Crippen LogP contribution in [0.5, 0.6) is 0 Å². The molecule has 0 spiro atoms. The number of likely N-dealkylation sites (tertiary alicyclic amines) is 1. The normalized spacial score (nSPS) is 20.1. The van der Waals surface area contributed by atoms with Crippen LogP contribution in [0, 0.1) is 17.8 Å². The lowest BCUT2D eigenvalue weighted by Crippen LogP contribution is -2.37. The van der Waals surface area contributed by atoms with Gasteiger partial charge in [0, 0.05) is 31.5 Å². The predicted molar refractivity (Wildman–Crippen MR) is 102 cm³/mol. The van der Waals surface area contributed by atoms with Crippen LogP contribution < -0.4 is 5.32 Å². The van der Waals surface area contributed by atoms with Gasteiger partial charge in [-0.25, -0.2) is 0 Å². The Morgan fingerprint density at radius 3 is 2.43 bits per heavy atom. The van der Waals surface area contributed by atoms with Gasteiger partial charge < -0.3 is 10.2 Å². The van der Waals surface area contributed by atoms with Gasteiger partial charge >= 0.3 is 6.18 Å². The van der Waals surface area contributed by atoms with Crippen LogP contribution in [0.2, 0.25) is 0 Å². The largest absolute Gasteiger partial charge is 0.416 e. The van der Waals surface area contributed by atoms with Crippen molar-refractivity contribution in [3.63, 3.8) is 0 Å². The molecule has 28 heavy (non-hydrogen) atoms. The van der Waals surface area contributed by atoms with Crippen LogP contribution in [0.1, 0.15) is 51.2 Å². The zero-order valence-corrected chi connectivity index (χ0v) is 16.8. The molecule has 2 atom stereocenters. The molecule has 1 fully saturated rings. The maximum Gasteiger partial charge on any atom is 0.416 e. The molecule has 0 radical (unpaired) electrons. The van der Waals surface area contributed by atoms with Crippen molar-refractivity contribution in [1.29, 1.82) is 0 Å². The molecule has 1 heterocycles. The zero-order chi connectivity index (χ0) is 21.1. The van der Waals surface area contributed by atoms with E-state index in [4.69, 9.17) is 0 Å². The summed E-state index contributed by atoms with van der Waals surface area (Å²) in [4.78, 5) is 26.8. The van der Waals surface area contributed by atoms with Crippen LogP contribution in [0.3, 0.4) is 0 Å². The van der Waals surface area contributed by atoms with Gasteiger partial charge in [-0.2, -0.15) is 13.2 Å². The van der Waals surface area contributed by atoms with Gasteiger partial charge in [-0.3, -0.25) is 9.59 Å². The zero-order valence-electron chi connectivity index (χ0n) is 16.8. The van der Waals surface area contributed by atoms with Crippen molar-refractivity contribution in [3.05, 3.63) is 35.4 Å². The second-order valence-corrected chi connectivity index (χ2v) is 8.21. The first-order valence-electron chi connectivity index (χ1n) is 9.74. The van der Waals surface area contributed by atoms with E-state index in [1.165, 1.54) is 6.07 Å². The number of benzene rings is 1. The Hall–Kier alpha value is -2.05. The first-order chi connectivity index (χ1) is 13.0. The fourth-order valence-electron chi connectivity index (χ4n) is 3.51. The van der Waals surface area contributed by atoms with Gasteiger partial charge in [0.2, 0.25) is 11.8 Å². The molecule has 0 unspecified atom stereocenters. The third kappa shape index (κ3) is 5.49. The molecule has 1 saturated heterocycles. The number of nitrogens with one attached hydrogen (secondary N) is 1. The Bertz CT molecular complexity index is 701. The Morgan fingerprint density at radius 1 is 1.18 bits per heavy atom. The Kier molecular flexibility index (Phi) is 7.12. The summed E-state index contributed by atoms with van der Waals surface area (Å²) >= 11 is 0. The van der Waals surface area contributed by atoms with E-state index in [9.17, 15) is 22.8 Å². The van der Waals surface area contributed by atoms with Crippen molar-refractivity contribution in [1.82, 2.24) is 10.2 Å². The van der Waals surface area contributed by atoms with Crippen molar-refractivity contribution in [2.45, 2.75) is 46.2 Å². The van der Waals surface area contributed by atoms with Crippen LogP contribution in [0.4, 0.5) is 13.2 Å². The van der Waals surface area contributed by atoms with Crippen LogP contribution in [-0.2, 0) is 15.8 Å². The maximum absolute atomic E-state index is 13.1. The average molecular weight is 398 g/mol. The molecule has 1 aromatic carbocycles. The molecule has 1 N–H and O–H groups in total. The SMILES string of the molecule is CC(C)CCNC(=O)[C@H]1CN(C(=O)C(C)C)C[C@H]1c1cccc(C(F)(F)F)c1. The minimum absolute atomic E-state index is 0.0885. The summed E-state index contributed by atoms with van der Waals surface area (Å²) < 4.78 is 39.4. The smallest absolute Gasteiger partial charge is 0.356 e. The molecule has 0 bridgehead atoms. The van der Waals surface area contributed by atoms with Crippen molar-refractivity contribution in [3.8, 4) is 0 Å². The van der Waals surface area contributed by atoms with E-state index in [0.717, 1.165) is 18.6 Å². The summed E-state index contributed by atoms with van der Waals surface area (Å²) in [6.07, 6.45) is -3.63. The summed E-state index contributed by atoms with van der Waals surface area (Å²) in [6, 6.07) is 5.09. The molecular formula is C21H29F3N2O2. The number of rotatable bonds is 6. The maximum atomic E-state index is 13.1. The summed E-state index contributed by atoms with van der Waals surface area (Å²) in [6.45, 7) is 8.65. The lowest BCUT2D eigenvalue weighted by Gasteiger charge is -2.19. The Labute approximate surface area is 164 Å². The van der Waals surface area contributed by atoms with Gasteiger partial charge in [0.05, 0.1) is 11.5 Å². The molecule has 0 aromatic heterocycles. The van der Waals surface area contributed by atoms with Gasteiger partial charge in [-0.05, 0) is 24.0 Å². The second-order valence-electron chi connectivity index (χ2n) is 8.21. The summed E-state index contributed by atoms with van der Waals surface area (Å²) in [7, 11) is 0. The minimum atomic E-state index is -4.45. The van der Waals surface area contributed by atoms with Crippen molar-refractivity contribution in [2.24, 2.45) is 17.8 Å². The minimum Gasteiger partial charge on any atom is -0.356 e. The topological polar surface area (TPSA) is 49.4 Å². The van der Waals surface area contributed by atoms with E-state index < -0.39 is 23.6 Å². The molecular weight excluding hydrogens is 369 g/mol. The van der Waals surface area contributed by atoms with Gasteiger partial charge in [-0.15, -0.1) is 0 Å². The highest BCUT2D eigenvalue weighted by atomic mass is 19.4. The highest BCUT2D eigenvalue weighted by molar-refractivity contribution is 5.84. The van der Waals surface area contributed by atoms with Crippen molar-refractivity contribution >= 4 is 11.8 Å². The fourth-order valence-corrected chi connectivity index (χ4v) is 3.51. The standard InChI is InChI=1S/C21H29F3N2O2/c1-13(2)8-9-25-19(27)18-12-26(20(28)14(3)4)11-17(18)15-6-5-7-16(10-15)21(22,23)24/h5-7,10,13-14,17-18H,8-9,11-12H2,1-4H3,(H,25,27)/t17-,18-/m0/s1. The molecule has 2 amide bonds. The van der Waals surface area contributed by atoms with Gasteiger partial charge in [0.25, 0.3) is 0 Å². The predicted octanol–water partition coefficient (Wildman–Crippen LogP) is 4.07. The molecule has 1 aromatic rings. The molecule has 7 heteroatoms. The van der Waals surface area contributed by atoms with E-state index in [-0.39, 0.29) is 30.8 Å². The Morgan fingerprint density at radius 2 is 1.86 bits per heavy atom. The molecule has 1 aliphatic heterocycles. The summed E-state index contributed by atoms with van der Waals surface area (Å²) in [5.74, 6) is -1.11. The number of hydrogen-bond donors (Lipinski definition) is 1. The van der Waals surface area contributed by atoms with Crippen LogP contribution in [0.25, 0.3) is 0 Å². The number of nitrogens with zero attached hydrogens (tertiary/aromatic N) is 1. The molecule has 156 valence electrons. The third-order valence-electron chi connectivity index (χ3n) is 5.13.